The lowest BCUT2D eigenvalue weighted by molar-refractivity contribution is -0.145. The van der Waals surface area contributed by atoms with E-state index in [0.29, 0.717) is 16.9 Å². The van der Waals surface area contributed by atoms with Crippen LogP contribution in [0.15, 0.2) is 11.1 Å². The quantitative estimate of drug-likeness (QED) is 0.530. The predicted octanol–water partition coefficient (Wildman–Crippen LogP) is 4.70. The van der Waals surface area contributed by atoms with E-state index in [2.05, 4.69) is 26.1 Å². The molecule has 3 atom stereocenters. The van der Waals surface area contributed by atoms with E-state index >= 15 is 0 Å². The number of ether oxygens (including phenoxy) is 2. The van der Waals surface area contributed by atoms with Crippen molar-refractivity contribution in [3.8, 4) is 0 Å². The summed E-state index contributed by atoms with van der Waals surface area (Å²) in [4.78, 5) is 24.3. The van der Waals surface area contributed by atoms with Gasteiger partial charge in [0.05, 0.1) is 6.61 Å². The van der Waals surface area contributed by atoms with Crippen LogP contribution in [0.4, 0.5) is 4.79 Å². The molecule has 0 aromatic rings. The van der Waals surface area contributed by atoms with E-state index in [4.69, 9.17) is 9.47 Å². The summed E-state index contributed by atoms with van der Waals surface area (Å²) in [6.07, 6.45) is 2.80. The van der Waals surface area contributed by atoms with Crippen molar-refractivity contribution >= 4 is 23.8 Å². The fraction of sp³-hybridized carbons (Fsp3) is 0.800. The molecule has 0 saturated heterocycles. The van der Waals surface area contributed by atoms with Gasteiger partial charge < -0.3 is 14.8 Å². The fourth-order valence-corrected chi connectivity index (χ4v) is 4.34. The van der Waals surface area contributed by atoms with Gasteiger partial charge in [0.15, 0.2) is 0 Å². The molecule has 1 saturated carbocycles. The van der Waals surface area contributed by atoms with Crippen molar-refractivity contribution in [3.63, 3.8) is 0 Å². The second-order valence-electron chi connectivity index (χ2n) is 8.15. The third-order valence-corrected chi connectivity index (χ3v) is 6.02. The standard InChI is InChI=1S/C20H35NO4S/c1-8-24-18(22)16(21-19(23)25-20(5,6)7)12-26-17-11-15(13(2)3)10-9-14(17)4/h14,16-17H,8-12H2,1-7H3,(H,21,23)/t14?,16-,17?/m0/s1. The van der Waals surface area contributed by atoms with Crippen LogP contribution in [0.25, 0.3) is 0 Å². The van der Waals surface area contributed by atoms with E-state index in [1.165, 1.54) is 17.6 Å². The van der Waals surface area contributed by atoms with Crippen LogP contribution in [-0.4, -0.2) is 41.3 Å². The number of hydrogen-bond acceptors (Lipinski definition) is 5. The zero-order valence-electron chi connectivity index (χ0n) is 17.3. The van der Waals surface area contributed by atoms with Gasteiger partial charge in [0.1, 0.15) is 11.6 Å². The van der Waals surface area contributed by atoms with Gasteiger partial charge in [-0.3, -0.25) is 0 Å². The first-order valence-electron chi connectivity index (χ1n) is 9.46. The van der Waals surface area contributed by atoms with Gasteiger partial charge in [-0.1, -0.05) is 18.1 Å². The topological polar surface area (TPSA) is 64.6 Å². The molecule has 0 aromatic carbocycles. The van der Waals surface area contributed by atoms with Gasteiger partial charge in [-0.25, -0.2) is 9.59 Å². The van der Waals surface area contributed by atoms with Crippen molar-refractivity contribution < 1.29 is 19.1 Å². The minimum Gasteiger partial charge on any atom is -0.464 e. The number of hydrogen-bond donors (Lipinski definition) is 1. The molecule has 5 nitrogen and oxygen atoms in total. The van der Waals surface area contributed by atoms with Gasteiger partial charge in [-0.05, 0) is 66.7 Å². The lowest BCUT2D eigenvalue weighted by Gasteiger charge is -2.32. The van der Waals surface area contributed by atoms with Crippen LogP contribution in [0.3, 0.4) is 0 Å². The number of thioether (sulfide) groups is 1. The van der Waals surface area contributed by atoms with E-state index in [1.54, 1.807) is 39.5 Å². The van der Waals surface area contributed by atoms with E-state index in [9.17, 15) is 9.59 Å². The number of esters is 1. The molecular weight excluding hydrogens is 350 g/mol. The first kappa shape index (κ1) is 22.9. The number of amides is 1. The van der Waals surface area contributed by atoms with Crippen LogP contribution in [-0.2, 0) is 14.3 Å². The largest absolute Gasteiger partial charge is 0.464 e. The Bertz CT molecular complexity index is 520. The van der Waals surface area contributed by atoms with E-state index in [0.717, 1.165) is 12.8 Å². The summed E-state index contributed by atoms with van der Waals surface area (Å²) in [6.45, 7) is 14.0. The molecule has 0 spiro atoms. The van der Waals surface area contributed by atoms with Gasteiger partial charge in [0, 0.05) is 11.0 Å². The zero-order valence-corrected chi connectivity index (χ0v) is 18.1. The predicted molar refractivity (Wildman–Crippen MR) is 107 cm³/mol. The summed E-state index contributed by atoms with van der Waals surface area (Å²) in [6, 6.07) is -0.695. The highest BCUT2D eigenvalue weighted by atomic mass is 32.2. The lowest BCUT2D eigenvalue weighted by atomic mass is 9.85. The molecule has 1 aliphatic rings. The number of carbonyl (C=O) groups excluding carboxylic acids is 2. The summed E-state index contributed by atoms with van der Waals surface area (Å²) >= 11 is 1.74. The Balaban J connectivity index is 2.71. The number of allylic oxidation sites excluding steroid dienone is 2. The Hall–Kier alpha value is -1.17. The molecule has 1 fully saturated rings. The first-order valence-corrected chi connectivity index (χ1v) is 10.5. The van der Waals surface area contributed by atoms with E-state index in [-0.39, 0.29) is 6.61 Å². The summed E-state index contributed by atoms with van der Waals surface area (Å²) in [5.74, 6) is 0.674. The van der Waals surface area contributed by atoms with Crippen molar-refractivity contribution in [1.29, 1.82) is 0 Å². The normalized spacial score (nSPS) is 21.7. The monoisotopic (exact) mass is 385 g/mol. The van der Waals surface area contributed by atoms with Gasteiger partial charge in [-0.2, -0.15) is 11.8 Å². The Morgan fingerprint density at radius 3 is 2.50 bits per heavy atom. The highest BCUT2D eigenvalue weighted by molar-refractivity contribution is 8.00. The third-order valence-electron chi connectivity index (χ3n) is 4.43. The Kier molecular flexibility index (Phi) is 9.01. The van der Waals surface area contributed by atoms with Crippen molar-refractivity contribution in [2.75, 3.05) is 12.4 Å². The van der Waals surface area contributed by atoms with Gasteiger partial charge in [0.2, 0.25) is 0 Å². The maximum absolute atomic E-state index is 12.3. The van der Waals surface area contributed by atoms with Gasteiger partial charge in [0.25, 0.3) is 0 Å². The fourth-order valence-electron chi connectivity index (χ4n) is 2.89. The maximum atomic E-state index is 12.3. The van der Waals surface area contributed by atoms with Crippen molar-refractivity contribution in [3.05, 3.63) is 11.1 Å². The Labute approximate surface area is 162 Å². The van der Waals surface area contributed by atoms with E-state index in [1.807, 2.05) is 0 Å². The van der Waals surface area contributed by atoms with Gasteiger partial charge in [-0.15, -0.1) is 0 Å². The Morgan fingerprint density at radius 1 is 1.31 bits per heavy atom. The van der Waals surface area contributed by atoms with Crippen molar-refractivity contribution in [1.82, 2.24) is 5.32 Å². The molecule has 1 N–H and O–H groups in total. The molecule has 1 aliphatic carbocycles. The average molecular weight is 386 g/mol. The molecule has 1 rings (SSSR count). The smallest absolute Gasteiger partial charge is 0.408 e. The Morgan fingerprint density at radius 2 is 1.96 bits per heavy atom. The molecule has 150 valence electrons. The highest BCUT2D eigenvalue weighted by Gasteiger charge is 2.30. The molecule has 6 heteroatoms. The second kappa shape index (κ2) is 10.2. The number of nitrogens with one attached hydrogen (secondary N) is 1. The maximum Gasteiger partial charge on any atom is 0.408 e. The van der Waals surface area contributed by atoms with Crippen molar-refractivity contribution in [2.45, 2.75) is 84.6 Å². The van der Waals surface area contributed by atoms with Crippen molar-refractivity contribution in [2.24, 2.45) is 5.92 Å². The molecule has 0 aliphatic heterocycles. The molecule has 1 amide bonds. The summed E-state index contributed by atoms with van der Waals surface area (Å²) in [5, 5.41) is 3.13. The van der Waals surface area contributed by atoms with Gasteiger partial charge >= 0.3 is 12.1 Å². The van der Waals surface area contributed by atoms with Crippen LogP contribution < -0.4 is 5.32 Å². The minimum atomic E-state index is -0.695. The minimum absolute atomic E-state index is 0.289. The molecule has 0 heterocycles. The highest BCUT2D eigenvalue weighted by Crippen LogP contribution is 2.37. The third kappa shape index (κ3) is 8.02. The average Bonchev–Trinajstić information content (AvgIpc) is 2.50. The lowest BCUT2D eigenvalue weighted by Crippen LogP contribution is -2.46. The molecular formula is C20H35NO4S. The number of carbonyl (C=O) groups is 2. The summed E-state index contributed by atoms with van der Waals surface area (Å²) in [7, 11) is 0. The van der Waals surface area contributed by atoms with Crippen LogP contribution >= 0.6 is 11.8 Å². The number of alkyl carbamates (subject to hydrolysis) is 1. The zero-order chi connectivity index (χ0) is 19.9. The van der Waals surface area contributed by atoms with Crippen LogP contribution in [0, 0.1) is 5.92 Å². The molecule has 2 unspecified atom stereocenters. The van der Waals surface area contributed by atoms with Crippen LogP contribution in [0.5, 0.6) is 0 Å². The molecule has 0 radical (unpaired) electrons. The first-order chi connectivity index (χ1) is 12.0. The van der Waals surface area contributed by atoms with Crippen LogP contribution in [0.2, 0.25) is 0 Å². The molecule has 26 heavy (non-hydrogen) atoms. The molecule has 0 bridgehead atoms. The second-order valence-corrected chi connectivity index (χ2v) is 9.42. The van der Waals surface area contributed by atoms with E-state index < -0.39 is 23.7 Å². The molecule has 0 aromatic heterocycles. The summed E-state index contributed by atoms with van der Waals surface area (Å²) in [5.41, 5.74) is 2.32. The SMILES string of the molecule is CCOC(=O)[C@H](CSC1CC(=C(C)C)CCC1C)NC(=O)OC(C)(C)C. The summed E-state index contributed by atoms with van der Waals surface area (Å²) < 4.78 is 10.4. The number of rotatable bonds is 6. The van der Waals surface area contributed by atoms with Crippen LogP contribution in [0.1, 0.15) is 67.7 Å².